The van der Waals surface area contributed by atoms with Crippen molar-refractivity contribution in [3.05, 3.63) is 88.5 Å². The van der Waals surface area contributed by atoms with Crippen molar-refractivity contribution >= 4 is 29.3 Å². The summed E-state index contributed by atoms with van der Waals surface area (Å²) in [5.41, 5.74) is -1.31. The average Bonchev–Trinajstić information content (AvgIpc) is 3.07. The quantitative estimate of drug-likeness (QED) is 0.309. The third-order valence-electron chi connectivity index (χ3n) is 5.45. The van der Waals surface area contributed by atoms with Gasteiger partial charge in [0.1, 0.15) is 11.0 Å². The fourth-order valence-electron chi connectivity index (χ4n) is 3.98. The van der Waals surface area contributed by atoms with Crippen LogP contribution in [0.2, 0.25) is 0 Å². The number of carbonyl (C=O) groups excluding carboxylic acids is 4. The van der Waals surface area contributed by atoms with Crippen LogP contribution in [-0.2, 0) is 33.4 Å². The van der Waals surface area contributed by atoms with Crippen LogP contribution in [0.15, 0.2) is 77.4 Å². The first-order valence-corrected chi connectivity index (χ1v) is 9.72. The Morgan fingerprint density at radius 1 is 0.719 bits per heavy atom. The SMILES string of the molecule is COC(=O)C1=C(C(=O)OC)[C@@](C)(C(=O)OC)C(=C(c2ccccc2)c2ccccc2)C1=O. The van der Waals surface area contributed by atoms with E-state index in [2.05, 4.69) is 0 Å². The van der Waals surface area contributed by atoms with Gasteiger partial charge >= 0.3 is 17.9 Å². The summed E-state index contributed by atoms with van der Waals surface area (Å²) >= 11 is 0. The van der Waals surface area contributed by atoms with Crippen molar-refractivity contribution in [2.24, 2.45) is 5.41 Å². The van der Waals surface area contributed by atoms with Crippen LogP contribution in [-0.4, -0.2) is 45.0 Å². The molecule has 0 heterocycles. The van der Waals surface area contributed by atoms with E-state index in [9.17, 15) is 19.2 Å². The van der Waals surface area contributed by atoms with Gasteiger partial charge in [0.15, 0.2) is 5.78 Å². The molecule has 0 bridgehead atoms. The van der Waals surface area contributed by atoms with Crippen molar-refractivity contribution in [2.75, 3.05) is 21.3 Å². The molecular formula is C25H22O7. The Kier molecular flexibility index (Phi) is 6.39. The van der Waals surface area contributed by atoms with Crippen LogP contribution in [0.1, 0.15) is 18.1 Å². The van der Waals surface area contributed by atoms with Gasteiger partial charge in [0.25, 0.3) is 0 Å². The molecule has 0 spiro atoms. The van der Waals surface area contributed by atoms with E-state index in [-0.39, 0.29) is 5.57 Å². The number of Topliss-reactive ketones (excluding diaryl/α,β-unsaturated/α-hetero) is 1. The van der Waals surface area contributed by atoms with E-state index in [1.165, 1.54) is 6.92 Å². The Balaban J connectivity index is 2.53. The molecule has 1 aliphatic carbocycles. The number of methoxy groups -OCH3 is 3. The number of esters is 3. The molecule has 0 aromatic heterocycles. The highest BCUT2D eigenvalue weighted by Gasteiger charge is 2.59. The van der Waals surface area contributed by atoms with Gasteiger partial charge in [-0.15, -0.1) is 0 Å². The molecule has 1 aliphatic rings. The second-order valence-electron chi connectivity index (χ2n) is 7.16. The molecule has 0 saturated carbocycles. The van der Waals surface area contributed by atoms with Gasteiger partial charge < -0.3 is 14.2 Å². The van der Waals surface area contributed by atoms with Crippen LogP contribution in [0.4, 0.5) is 0 Å². The van der Waals surface area contributed by atoms with Crippen molar-refractivity contribution in [3.8, 4) is 0 Å². The van der Waals surface area contributed by atoms with Gasteiger partial charge in [-0.1, -0.05) is 60.7 Å². The summed E-state index contributed by atoms with van der Waals surface area (Å²) in [4.78, 5) is 52.3. The molecule has 2 aromatic rings. The van der Waals surface area contributed by atoms with Crippen LogP contribution < -0.4 is 0 Å². The summed E-state index contributed by atoms with van der Waals surface area (Å²) in [6.07, 6.45) is 0. The zero-order valence-electron chi connectivity index (χ0n) is 18.1. The predicted molar refractivity (Wildman–Crippen MR) is 115 cm³/mol. The van der Waals surface area contributed by atoms with E-state index < -0.39 is 40.3 Å². The average molecular weight is 434 g/mol. The first kappa shape index (κ1) is 22.7. The van der Waals surface area contributed by atoms with Crippen LogP contribution in [0.3, 0.4) is 0 Å². The van der Waals surface area contributed by atoms with Crippen LogP contribution in [0.5, 0.6) is 0 Å². The van der Waals surface area contributed by atoms with Crippen molar-refractivity contribution in [2.45, 2.75) is 6.92 Å². The maximum atomic E-state index is 13.7. The van der Waals surface area contributed by atoms with Gasteiger partial charge in [0, 0.05) is 5.57 Å². The highest BCUT2D eigenvalue weighted by Crippen LogP contribution is 2.50. The molecule has 1 atom stereocenters. The second-order valence-corrected chi connectivity index (χ2v) is 7.16. The smallest absolute Gasteiger partial charge is 0.342 e. The number of ketones is 1. The monoisotopic (exact) mass is 434 g/mol. The highest BCUT2D eigenvalue weighted by molar-refractivity contribution is 6.36. The lowest BCUT2D eigenvalue weighted by Crippen LogP contribution is -2.35. The second kappa shape index (κ2) is 9.01. The number of benzene rings is 2. The lowest BCUT2D eigenvalue weighted by atomic mass is 9.74. The summed E-state index contributed by atoms with van der Waals surface area (Å²) in [6.45, 7) is 1.38. The van der Waals surface area contributed by atoms with E-state index in [1.54, 1.807) is 48.5 Å². The van der Waals surface area contributed by atoms with E-state index in [0.29, 0.717) is 16.7 Å². The molecule has 0 N–H and O–H groups in total. The fourth-order valence-corrected chi connectivity index (χ4v) is 3.98. The molecule has 0 amide bonds. The fraction of sp³-hybridized carbons (Fsp3) is 0.200. The summed E-state index contributed by atoms with van der Waals surface area (Å²) in [5, 5.41) is 0. The van der Waals surface area contributed by atoms with Crippen molar-refractivity contribution in [1.82, 2.24) is 0 Å². The predicted octanol–water partition coefficient (Wildman–Crippen LogP) is 2.89. The number of hydrogen-bond acceptors (Lipinski definition) is 7. The Morgan fingerprint density at radius 3 is 1.59 bits per heavy atom. The molecule has 0 radical (unpaired) electrons. The molecule has 7 heteroatoms. The first-order valence-electron chi connectivity index (χ1n) is 9.72. The molecule has 7 nitrogen and oxygen atoms in total. The van der Waals surface area contributed by atoms with Gasteiger partial charge in [-0.3, -0.25) is 9.59 Å². The zero-order chi connectivity index (χ0) is 23.5. The minimum absolute atomic E-state index is 0.0671. The van der Waals surface area contributed by atoms with Crippen molar-refractivity contribution in [3.63, 3.8) is 0 Å². The normalized spacial score (nSPS) is 17.8. The molecular weight excluding hydrogens is 412 g/mol. The topological polar surface area (TPSA) is 96.0 Å². The number of ether oxygens (including phenoxy) is 3. The highest BCUT2D eigenvalue weighted by atomic mass is 16.5. The Hall–Kier alpha value is -4.00. The third kappa shape index (κ3) is 3.51. The van der Waals surface area contributed by atoms with Crippen LogP contribution >= 0.6 is 0 Å². The van der Waals surface area contributed by atoms with Crippen molar-refractivity contribution in [1.29, 1.82) is 0 Å². The maximum absolute atomic E-state index is 13.7. The Labute approximate surface area is 185 Å². The van der Waals surface area contributed by atoms with Gasteiger partial charge in [-0.2, -0.15) is 0 Å². The Bertz CT molecular complexity index is 1100. The van der Waals surface area contributed by atoms with E-state index in [4.69, 9.17) is 14.2 Å². The summed E-state index contributed by atoms with van der Waals surface area (Å²) in [6, 6.07) is 17.8. The van der Waals surface area contributed by atoms with Gasteiger partial charge in [0.2, 0.25) is 0 Å². The summed E-state index contributed by atoms with van der Waals surface area (Å²) in [5.74, 6) is -3.72. The summed E-state index contributed by atoms with van der Waals surface area (Å²) < 4.78 is 14.6. The largest absolute Gasteiger partial charge is 0.468 e. The van der Waals surface area contributed by atoms with E-state index >= 15 is 0 Å². The standard InChI is InChI=1S/C25H22O7/c1-25(24(29)32-4)19(21(26)18(22(27)30-2)20(25)23(28)31-3)17(15-11-7-5-8-12-15)16-13-9-6-10-14-16/h5-14H,1-4H3/t25-/m0/s1. The molecule has 0 saturated heterocycles. The molecule has 2 aromatic carbocycles. The molecule has 0 unspecified atom stereocenters. The molecule has 0 aliphatic heterocycles. The molecule has 32 heavy (non-hydrogen) atoms. The summed E-state index contributed by atoms with van der Waals surface area (Å²) in [7, 11) is 3.33. The van der Waals surface area contributed by atoms with Crippen LogP contribution in [0.25, 0.3) is 5.57 Å². The number of hydrogen-bond donors (Lipinski definition) is 0. The van der Waals surface area contributed by atoms with Gasteiger partial charge in [0.05, 0.1) is 26.9 Å². The molecule has 164 valence electrons. The Morgan fingerprint density at radius 2 is 1.19 bits per heavy atom. The molecule has 0 fully saturated rings. The third-order valence-corrected chi connectivity index (χ3v) is 5.45. The lowest BCUT2D eigenvalue weighted by Gasteiger charge is -2.27. The minimum Gasteiger partial charge on any atom is -0.468 e. The van der Waals surface area contributed by atoms with Gasteiger partial charge in [-0.05, 0) is 23.6 Å². The van der Waals surface area contributed by atoms with E-state index in [1.807, 2.05) is 12.1 Å². The number of carbonyl (C=O) groups is 4. The lowest BCUT2D eigenvalue weighted by molar-refractivity contribution is -0.151. The minimum atomic E-state index is -1.91. The first-order chi connectivity index (χ1) is 15.3. The molecule has 3 rings (SSSR count). The van der Waals surface area contributed by atoms with E-state index in [0.717, 1.165) is 21.3 Å². The van der Waals surface area contributed by atoms with Gasteiger partial charge in [-0.25, -0.2) is 9.59 Å². The van der Waals surface area contributed by atoms with Crippen molar-refractivity contribution < 1.29 is 33.4 Å². The zero-order valence-corrected chi connectivity index (χ0v) is 18.1. The number of rotatable bonds is 5. The maximum Gasteiger partial charge on any atom is 0.342 e. The van der Waals surface area contributed by atoms with Crippen LogP contribution in [0, 0.1) is 5.41 Å².